The topological polar surface area (TPSA) is 78.9 Å². The van der Waals surface area contributed by atoms with E-state index in [-0.39, 0.29) is 44.0 Å². The average molecular weight is 1100 g/mol. The van der Waals surface area contributed by atoms with E-state index in [0.29, 0.717) is 19.3 Å². The maximum Gasteiger partial charge on any atom is 0.306 e. The van der Waals surface area contributed by atoms with Gasteiger partial charge in [0, 0.05) is 19.3 Å². The lowest BCUT2D eigenvalue weighted by Crippen LogP contribution is -2.30. The van der Waals surface area contributed by atoms with Crippen LogP contribution >= 0.6 is 0 Å². The van der Waals surface area contributed by atoms with Crippen LogP contribution in [0.2, 0.25) is 0 Å². The summed E-state index contributed by atoms with van der Waals surface area (Å²) in [7, 11) is 0. The SMILES string of the molecule is CC/C=C\C/C=C\C/C=C\C/C=C\C/C=C\C/C=C\C/C=C\C/C=C\C/C=C\CCCC(=O)OCC(COC(=O)CCCCCCCC)OC(=O)CCCC/C=C\C/C=C\C/C=C\C/C=C\C/C=C\C/C=C\C/C=C\C/C=C\CC. The molecule has 0 radical (unpaired) electrons. The highest BCUT2D eigenvalue weighted by molar-refractivity contribution is 5.71. The lowest BCUT2D eigenvalue weighted by atomic mass is 10.1. The van der Waals surface area contributed by atoms with Crippen LogP contribution in [0.4, 0.5) is 0 Å². The normalized spacial score (nSPS) is 13.6. The molecule has 0 saturated carbocycles. The number of unbranched alkanes of at least 4 members (excludes halogenated alkanes) is 8. The maximum absolute atomic E-state index is 12.8. The quantitative estimate of drug-likeness (QED) is 0.0261. The average Bonchev–Trinajstić information content (AvgIpc) is 3.46. The van der Waals surface area contributed by atoms with E-state index in [1.807, 2.05) is 0 Å². The van der Waals surface area contributed by atoms with Crippen LogP contribution in [0.15, 0.2) is 207 Å². The first kappa shape index (κ1) is 74.0. The Morgan fingerprint density at radius 1 is 0.263 bits per heavy atom. The molecule has 0 aliphatic heterocycles. The molecule has 0 aromatic rings. The second-order valence-electron chi connectivity index (χ2n) is 19.5. The van der Waals surface area contributed by atoms with Gasteiger partial charge >= 0.3 is 17.9 Å². The third kappa shape index (κ3) is 62.8. The molecule has 0 N–H and O–H groups in total. The number of hydrogen-bond donors (Lipinski definition) is 0. The second kappa shape index (κ2) is 65.5. The minimum Gasteiger partial charge on any atom is -0.462 e. The molecular weight excluding hydrogens is 985 g/mol. The number of allylic oxidation sites excluding steroid dienone is 34. The van der Waals surface area contributed by atoms with Crippen LogP contribution in [0.1, 0.15) is 220 Å². The first-order valence-corrected chi connectivity index (χ1v) is 31.1. The summed E-state index contributed by atoms with van der Waals surface area (Å²) >= 11 is 0. The number of ether oxygens (including phenoxy) is 3. The van der Waals surface area contributed by atoms with Crippen LogP contribution in [-0.4, -0.2) is 37.2 Å². The van der Waals surface area contributed by atoms with E-state index in [1.165, 1.54) is 19.3 Å². The zero-order chi connectivity index (χ0) is 57.8. The van der Waals surface area contributed by atoms with Crippen LogP contribution in [0.3, 0.4) is 0 Å². The number of hydrogen-bond acceptors (Lipinski definition) is 6. The number of carbonyl (C=O) groups excluding carboxylic acids is 3. The van der Waals surface area contributed by atoms with Gasteiger partial charge in [0.25, 0.3) is 0 Å². The van der Waals surface area contributed by atoms with Gasteiger partial charge in [-0.15, -0.1) is 0 Å². The summed E-state index contributed by atoms with van der Waals surface area (Å²) in [5, 5.41) is 0. The van der Waals surface area contributed by atoms with Gasteiger partial charge in [-0.25, -0.2) is 0 Å². The fourth-order valence-corrected chi connectivity index (χ4v) is 7.46. The maximum atomic E-state index is 12.8. The van der Waals surface area contributed by atoms with E-state index >= 15 is 0 Å². The van der Waals surface area contributed by atoms with Crippen LogP contribution in [0.5, 0.6) is 0 Å². The largest absolute Gasteiger partial charge is 0.462 e. The van der Waals surface area contributed by atoms with E-state index in [2.05, 4.69) is 227 Å². The minimum absolute atomic E-state index is 0.125. The van der Waals surface area contributed by atoms with Gasteiger partial charge in [0.2, 0.25) is 0 Å². The Kier molecular flexibility index (Phi) is 60.6. The predicted octanol–water partition coefficient (Wildman–Crippen LogP) is 21.6. The van der Waals surface area contributed by atoms with Gasteiger partial charge in [0.05, 0.1) is 0 Å². The minimum atomic E-state index is -0.835. The van der Waals surface area contributed by atoms with Crippen molar-refractivity contribution in [3.8, 4) is 0 Å². The molecule has 0 aliphatic rings. The summed E-state index contributed by atoms with van der Waals surface area (Å²) in [6.45, 7) is 6.23. The zero-order valence-electron chi connectivity index (χ0n) is 50.5. The van der Waals surface area contributed by atoms with E-state index in [0.717, 1.165) is 148 Å². The molecule has 80 heavy (non-hydrogen) atoms. The number of rotatable bonds is 53. The molecule has 0 heterocycles. The van der Waals surface area contributed by atoms with E-state index in [9.17, 15) is 14.4 Å². The lowest BCUT2D eigenvalue weighted by molar-refractivity contribution is -0.167. The van der Waals surface area contributed by atoms with Gasteiger partial charge in [0.1, 0.15) is 13.2 Å². The summed E-state index contributed by atoms with van der Waals surface area (Å²) in [6.07, 6.45) is 102. The fourth-order valence-electron chi connectivity index (χ4n) is 7.46. The van der Waals surface area contributed by atoms with Gasteiger partial charge < -0.3 is 14.2 Å². The zero-order valence-corrected chi connectivity index (χ0v) is 50.5. The van der Waals surface area contributed by atoms with Crippen molar-refractivity contribution in [3.63, 3.8) is 0 Å². The summed E-state index contributed by atoms with van der Waals surface area (Å²) in [5.74, 6) is -1.06. The Balaban J connectivity index is 4.37. The molecule has 0 fully saturated rings. The molecule has 442 valence electrons. The standard InChI is InChI=1S/C74H110O6/c1-4-7-10-13-16-18-20-22-24-26-28-30-32-34-36-37-39-40-42-44-46-48-50-52-54-56-58-61-64-67-73(76)79-70-71(69-78-72(75)66-63-60-15-12-9-6-3)80-74(77)68-65-62-59-57-55-53-51-49-47-45-43-41-38-35-33-31-29-27-25-23-21-19-17-14-11-8-5-2/h7-8,10-11,16-19,22-25,28-31,34-36,38-40,43-46,49-52,55-58,71H,4-6,9,12-15,20-21,26-27,32-33,37,41-42,47-48,53-54,59-70H2,1-3H3/b10-7-,11-8-,18-16-,19-17-,24-22-,25-23-,30-28-,31-29-,36-34-,38-35-,40-39-,45-43-,46-44-,51-49-,52-50-,57-55-,58-56-. The van der Waals surface area contributed by atoms with E-state index < -0.39 is 6.10 Å². The molecule has 0 saturated heterocycles. The first-order chi connectivity index (χ1) is 39.5. The van der Waals surface area contributed by atoms with Gasteiger partial charge in [-0.2, -0.15) is 0 Å². The molecule has 0 rings (SSSR count). The highest BCUT2D eigenvalue weighted by atomic mass is 16.6. The van der Waals surface area contributed by atoms with Gasteiger partial charge in [-0.3, -0.25) is 14.4 Å². The third-order valence-electron chi connectivity index (χ3n) is 12.0. The smallest absolute Gasteiger partial charge is 0.306 e. The molecule has 0 aliphatic carbocycles. The van der Waals surface area contributed by atoms with Crippen molar-refractivity contribution in [2.24, 2.45) is 0 Å². The second-order valence-corrected chi connectivity index (χ2v) is 19.5. The first-order valence-electron chi connectivity index (χ1n) is 31.1. The van der Waals surface area contributed by atoms with Gasteiger partial charge in [-0.1, -0.05) is 259 Å². The van der Waals surface area contributed by atoms with Gasteiger partial charge in [0.15, 0.2) is 6.10 Å². The molecular formula is C74H110O6. The van der Waals surface area contributed by atoms with Crippen LogP contribution in [0.25, 0.3) is 0 Å². The molecule has 1 unspecified atom stereocenters. The van der Waals surface area contributed by atoms with Crippen molar-refractivity contribution in [3.05, 3.63) is 207 Å². The highest BCUT2D eigenvalue weighted by Crippen LogP contribution is 2.11. The predicted molar refractivity (Wildman–Crippen MR) is 347 cm³/mol. The molecule has 0 aromatic heterocycles. The summed E-state index contributed by atoms with van der Waals surface area (Å²) in [6, 6.07) is 0. The third-order valence-corrected chi connectivity index (χ3v) is 12.0. The lowest BCUT2D eigenvalue weighted by Gasteiger charge is -2.18. The summed E-state index contributed by atoms with van der Waals surface area (Å²) in [5.41, 5.74) is 0. The van der Waals surface area contributed by atoms with Crippen LogP contribution < -0.4 is 0 Å². The molecule has 0 amide bonds. The Morgan fingerprint density at radius 2 is 0.500 bits per heavy atom. The van der Waals surface area contributed by atoms with Crippen molar-refractivity contribution in [2.75, 3.05) is 13.2 Å². The van der Waals surface area contributed by atoms with Crippen LogP contribution in [0, 0.1) is 0 Å². The molecule has 1 atom stereocenters. The molecule has 0 bridgehead atoms. The number of carbonyl (C=O) groups is 3. The van der Waals surface area contributed by atoms with Crippen molar-refractivity contribution in [1.82, 2.24) is 0 Å². The Hall–Kier alpha value is -6.01. The Bertz CT molecular complexity index is 1980. The Labute approximate surface area is 489 Å². The van der Waals surface area contributed by atoms with Crippen molar-refractivity contribution in [1.29, 1.82) is 0 Å². The van der Waals surface area contributed by atoms with E-state index in [4.69, 9.17) is 14.2 Å². The molecule has 6 heteroatoms. The number of esters is 3. The van der Waals surface area contributed by atoms with Crippen LogP contribution in [-0.2, 0) is 28.6 Å². The highest BCUT2D eigenvalue weighted by Gasteiger charge is 2.19. The fraction of sp³-hybridized carbons (Fsp3) is 0.500. The van der Waals surface area contributed by atoms with Crippen molar-refractivity contribution >= 4 is 17.9 Å². The molecule has 0 aromatic carbocycles. The van der Waals surface area contributed by atoms with Crippen molar-refractivity contribution in [2.45, 2.75) is 226 Å². The molecule has 0 spiro atoms. The summed E-state index contributed by atoms with van der Waals surface area (Å²) < 4.78 is 16.7. The van der Waals surface area contributed by atoms with E-state index in [1.54, 1.807) is 0 Å². The monoisotopic (exact) mass is 1090 g/mol. The molecule has 6 nitrogen and oxygen atoms in total. The van der Waals surface area contributed by atoms with Gasteiger partial charge in [-0.05, 0) is 148 Å². The van der Waals surface area contributed by atoms with Crippen molar-refractivity contribution < 1.29 is 28.6 Å². The summed E-state index contributed by atoms with van der Waals surface area (Å²) in [4.78, 5) is 37.9. The Morgan fingerprint density at radius 3 is 0.812 bits per heavy atom.